The van der Waals surface area contributed by atoms with Gasteiger partial charge in [-0.1, -0.05) is 58.9 Å². The number of nitrogens with zero attached hydrogens (tertiary/aromatic N) is 2. The predicted molar refractivity (Wildman–Crippen MR) is 92.9 cm³/mol. The molecule has 3 nitrogen and oxygen atoms in total. The average molecular weight is 297 g/mol. The van der Waals surface area contributed by atoms with Gasteiger partial charge in [-0.05, 0) is 29.4 Å². The van der Waals surface area contributed by atoms with Gasteiger partial charge in [0, 0.05) is 17.8 Å². The Morgan fingerprint density at radius 3 is 2.09 bits per heavy atom. The summed E-state index contributed by atoms with van der Waals surface area (Å²) in [6.07, 6.45) is 0. The SMILES string of the molecule is Cc1nc(-c2ccc(C(C)(C)C)cc2)nc(CN)c1C(C)C. The summed E-state index contributed by atoms with van der Waals surface area (Å²) < 4.78 is 0. The fourth-order valence-electron chi connectivity index (χ4n) is 2.80. The van der Waals surface area contributed by atoms with Crippen LogP contribution in [0.3, 0.4) is 0 Å². The van der Waals surface area contributed by atoms with E-state index in [4.69, 9.17) is 15.7 Å². The van der Waals surface area contributed by atoms with E-state index in [0.29, 0.717) is 12.5 Å². The van der Waals surface area contributed by atoms with Crippen molar-refractivity contribution in [3.8, 4) is 11.4 Å². The number of rotatable bonds is 3. The smallest absolute Gasteiger partial charge is 0.159 e. The molecule has 0 saturated heterocycles. The van der Waals surface area contributed by atoms with Crippen molar-refractivity contribution in [1.82, 2.24) is 9.97 Å². The Hall–Kier alpha value is -1.74. The van der Waals surface area contributed by atoms with E-state index in [1.807, 2.05) is 6.92 Å². The molecule has 0 radical (unpaired) electrons. The average Bonchev–Trinajstić information content (AvgIpc) is 2.45. The summed E-state index contributed by atoms with van der Waals surface area (Å²) in [6, 6.07) is 8.52. The first-order chi connectivity index (χ1) is 10.2. The normalized spacial score (nSPS) is 12.0. The number of hydrogen-bond acceptors (Lipinski definition) is 3. The number of hydrogen-bond donors (Lipinski definition) is 1. The van der Waals surface area contributed by atoms with Gasteiger partial charge in [0.05, 0.1) is 5.69 Å². The first kappa shape index (κ1) is 16.6. The predicted octanol–water partition coefficient (Wildman–Crippen LogP) is 4.33. The van der Waals surface area contributed by atoms with Crippen molar-refractivity contribution < 1.29 is 0 Å². The molecule has 0 saturated carbocycles. The van der Waals surface area contributed by atoms with E-state index in [2.05, 4.69) is 58.9 Å². The van der Waals surface area contributed by atoms with Crippen LogP contribution in [0.15, 0.2) is 24.3 Å². The van der Waals surface area contributed by atoms with Crippen molar-refractivity contribution in [2.75, 3.05) is 0 Å². The van der Waals surface area contributed by atoms with Gasteiger partial charge < -0.3 is 5.73 Å². The van der Waals surface area contributed by atoms with Crippen LogP contribution in [0.25, 0.3) is 11.4 Å². The Labute approximate surface area is 134 Å². The Kier molecular flexibility index (Phi) is 4.66. The molecule has 0 atom stereocenters. The molecule has 0 unspecified atom stereocenters. The van der Waals surface area contributed by atoms with Gasteiger partial charge in [-0.2, -0.15) is 0 Å². The van der Waals surface area contributed by atoms with Gasteiger partial charge in [-0.3, -0.25) is 0 Å². The maximum atomic E-state index is 5.90. The second kappa shape index (κ2) is 6.17. The summed E-state index contributed by atoms with van der Waals surface area (Å²) >= 11 is 0. The lowest BCUT2D eigenvalue weighted by Crippen LogP contribution is -2.12. The quantitative estimate of drug-likeness (QED) is 0.917. The summed E-state index contributed by atoms with van der Waals surface area (Å²) in [4.78, 5) is 9.40. The molecule has 0 fully saturated rings. The van der Waals surface area contributed by atoms with Gasteiger partial charge in [0.2, 0.25) is 0 Å². The molecular weight excluding hydrogens is 270 g/mol. The summed E-state index contributed by atoms with van der Waals surface area (Å²) in [7, 11) is 0. The van der Waals surface area contributed by atoms with Gasteiger partial charge in [-0.15, -0.1) is 0 Å². The summed E-state index contributed by atoms with van der Waals surface area (Å²) in [5, 5.41) is 0. The van der Waals surface area contributed by atoms with Crippen LogP contribution >= 0.6 is 0 Å². The molecule has 2 rings (SSSR count). The first-order valence-corrected chi connectivity index (χ1v) is 7.92. The Morgan fingerprint density at radius 1 is 1.05 bits per heavy atom. The fourth-order valence-corrected chi connectivity index (χ4v) is 2.80. The summed E-state index contributed by atoms with van der Waals surface area (Å²) in [5.74, 6) is 1.15. The maximum Gasteiger partial charge on any atom is 0.159 e. The highest BCUT2D eigenvalue weighted by Gasteiger charge is 2.16. The minimum atomic E-state index is 0.152. The van der Waals surface area contributed by atoms with E-state index in [1.54, 1.807) is 0 Å². The van der Waals surface area contributed by atoms with E-state index >= 15 is 0 Å². The molecule has 1 heterocycles. The van der Waals surface area contributed by atoms with E-state index in [0.717, 1.165) is 22.8 Å². The Balaban J connectivity index is 2.47. The second-order valence-corrected chi connectivity index (χ2v) is 7.18. The fraction of sp³-hybridized carbons (Fsp3) is 0.474. The lowest BCUT2D eigenvalue weighted by Gasteiger charge is -2.19. The van der Waals surface area contributed by atoms with Crippen molar-refractivity contribution in [3.63, 3.8) is 0 Å². The molecule has 3 heteroatoms. The van der Waals surface area contributed by atoms with Crippen LogP contribution < -0.4 is 5.73 Å². The van der Waals surface area contributed by atoms with Gasteiger partial charge >= 0.3 is 0 Å². The van der Waals surface area contributed by atoms with Crippen molar-refractivity contribution >= 4 is 0 Å². The molecule has 2 N–H and O–H groups in total. The largest absolute Gasteiger partial charge is 0.325 e. The first-order valence-electron chi connectivity index (χ1n) is 7.92. The second-order valence-electron chi connectivity index (χ2n) is 7.18. The monoisotopic (exact) mass is 297 g/mol. The molecule has 1 aromatic heterocycles. The molecule has 0 spiro atoms. The minimum Gasteiger partial charge on any atom is -0.325 e. The van der Waals surface area contributed by atoms with Crippen molar-refractivity contribution in [2.45, 2.75) is 59.4 Å². The third-order valence-electron chi connectivity index (χ3n) is 3.99. The maximum absolute atomic E-state index is 5.90. The van der Waals surface area contributed by atoms with Crippen LogP contribution in [0.2, 0.25) is 0 Å². The van der Waals surface area contributed by atoms with E-state index < -0.39 is 0 Å². The molecule has 0 aliphatic heterocycles. The van der Waals surface area contributed by atoms with Gasteiger partial charge in [0.1, 0.15) is 0 Å². The molecule has 22 heavy (non-hydrogen) atoms. The standard InChI is InChI=1S/C19H27N3/c1-12(2)17-13(3)21-18(22-16(17)11-20)14-7-9-15(10-8-14)19(4,5)6/h7-10,12H,11,20H2,1-6H3. The highest BCUT2D eigenvalue weighted by Crippen LogP contribution is 2.27. The van der Waals surface area contributed by atoms with Crippen LogP contribution in [0, 0.1) is 6.92 Å². The van der Waals surface area contributed by atoms with Crippen LogP contribution in [-0.4, -0.2) is 9.97 Å². The third kappa shape index (κ3) is 3.36. The van der Waals surface area contributed by atoms with Gasteiger partial charge in [-0.25, -0.2) is 9.97 Å². The molecule has 2 aromatic rings. The zero-order valence-electron chi connectivity index (χ0n) is 14.6. The van der Waals surface area contributed by atoms with Gasteiger partial charge in [0.15, 0.2) is 5.82 Å². The zero-order chi connectivity index (χ0) is 16.5. The molecule has 0 bridgehead atoms. The number of aromatic nitrogens is 2. The Morgan fingerprint density at radius 2 is 1.64 bits per heavy atom. The van der Waals surface area contributed by atoms with Crippen molar-refractivity contribution in [2.24, 2.45) is 5.73 Å². The third-order valence-corrected chi connectivity index (χ3v) is 3.99. The van der Waals surface area contributed by atoms with Gasteiger partial charge in [0.25, 0.3) is 0 Å². The molecule has 0 aliphatic rings. The lowest BCUT2D eigenvalue weighted by molar-refractivity contribution is 0.590. The number of aryl methyl sites for hydroxylation is 1. The number of benzene rings is 1. The number of nitrogens with two attached hydrogens (primary N) is 1. The molecule has 0 aliphatic carbocycles. The van der Waals surface area contributed by atoms with Crippen molar-refractivity contribution in [1.29, 1.82) is 0 Å². The summed E-state index contributed by atoms with van der Waals surface area (Å²) in [5.41, 5.74) is 11.6. The van der Waals surface area contributed by atoms with E-state index in [1.165, 1.54) is 11.1 Å². The zero-order valence-corrected chi connectivity index (χ0v) is 14.6. The van der Waals surface area contributed by atoms with E-state index in [-0.39, 0.29) is 5.41 Å². The van der Waals surface area contributed by atoms with Crippen LogP contribution in [0.5, 0.6) is 0 Å². The lowest BCUT2D eigenvalue weighted by atomic mass is 9.86. The van der Waals surface area contributed by atoms with Crippen molar-refractivity contribution in [3.05, 3.63) is 46.8 Å². The molecule has 118 valence electrons. The topological polar surface area (TPSA) is 51.8 Å². The molecular formula is C19H27N3. The van der Waals surface area contributed by atoms with Crippen LogP contribution in [0.4, 0.5) is 0 Å². The van der Waals surface area contributed by atoms with Crippen LogP contribution in [0.1, 0.15) is 63.1 Å². The summed E-state index contributed by atoms with van der Waals surface area (Å²) in [6.45, 7) is 13.4. The minimum absolute atomic E-state index is 0.152. The molecule has 1 aromatic carbocycles. The van der Waals surface area contributed by atoms with E-state index in [9.17, 15) is 0 Å². The Bertz CT molecular complexity index is 650. The molecule has 0 amide bonds. The highest BCUT2D eigenvalue weighted by molar-refractivity contribution is 5.57. The highest BCUT2D eigenvalue weighted by atomic mass is 14.9. The van der Waals surface area contributed by atoms with Crippen LogP contribution in [-0.2, 0) is 12.0 Å².